The van der Waals surface area contributed by atoms with Crippen LogP contribution >= 0.6 is 0 Å². The molecule has 0 spiro atoms. The maximum atomic E-state index is 5.77. The molecule has 0 fully saturated rings. The van der Waals surface area contributed by atoms with Gasteiger partial charge in [-0.05, 0) is 42.8 Å². The number of oxazole rings is 1. The molecule has 4 heteroatoms. The van der Waals surface area contributed by atoms with Crippen LogP contribution in [-0.2, 0) is 0 Å². The second kappa shape index (κ2) is 3.77. The van der Waals surface area contributed by atoms with Crippen LogP contribution in [0.5, 0.6) is 0 Å². The van der Waals surface area contributed by atoms with Crippen LogP contribution in [0.2, 0.25) is 0 Å². The van der Waals surface area contributed by atoms with Crippen molar-refractivity contribution in [1.82, 2.24) is 4.98 Å². The Balaban J connectivity index is 2.19. The molecule has 2 aromatic carbocycles. The molecule has 18 heavy (non-hydrogen) atoms. The third-order valence-electron chi connectivity index (χ3n) is 2.77. The summed E-state index contributed by atoms with van der Waals surface area (Å²) < 4.78 is 5.70. The van der Waals surface area contributed by atoms with Gasteiger partial charge < -0.3 is 15.9 Å². The molecule has 0 amide bonds. The summed E-state index contributed by atoms with van der Waals surface area (Å²) in [6, 6.07) is 11.2. The summed E-state index contributed by atoms with van der Waals surface area (Å²) in [5.74, 6) is 0.537. The van der Waals surface area contributed by atoms with Crippen LogP contribution in [0, 0.1) is 6.92 Å². The van der Waals surface area contributed by atoms with Crippen molar-refractivity contribution in [2.75, 3.05) is 11.5 Å². The third kappa shape index (κ3) is 1.78. The zero-order chi connectivity index (χ0) is 12.7. The molecule has 1 heterocycles. The van der Waals surface area contributed by atoms with E-state index < -0.39 is 0 Å². The number of fused-ring (bicyclic) bond motifs is 1. The molecule has 3 aromatic rings. The zero-order valence-electron chi connectivity index (χ0n) is 9.97. The van der Waals surface area contributed by atoms with Crippen LogP contribution in [0.1, 0.15) is 5.56 Å². The fraction of sp³-hybridized carbons (Fsp3) is 0.0714. The average Bonchev–Trinajstić information content (AvgIpc) is 2.70. The van der Waals surface area contributed by atoms with Gasteiger partial charge in [0.2, 0.25) is 5.89 Å². The second-order valence-corrected chi connectivity index (χ2v) is 4.38. The lowest BCUT2D eigenvalue weighted by atomic mass is 10.2. The minimum Gasteiger partial charge on any atom is -0.436 e. The van der Waals surface area contributed by atoms with Gasteiger partial charge in [-0.25, -0.2) is 4.98 Å². The first kappa shape index (κ1) is 10.7. The van der Waals surface area contributed by atoms with Crippen LogP contribution in [0.3, 0.4) is 0 Å². The number of aromatic nitrogens is 1. The summed E-state index contributed by atoms with van der Waals surface area (Å²) in [6.45, 7) is 2.02. The molecule has 0 radical (unpaired) electrons. The summed E-state index contributed by atoms with van der Waals surface area (Å²) >= 11 is 0. The highest BCUT2D eigenvalue weighted by molar-refractivity contribution is 5.78. The van der Waals surface area contributed by atoms with Gasteiger partial charge in [0.05, 0.1) is 0 Å². The molecule has 0 aliphatic heterocycles. The number of rotatable bonds is 1. The van der Waals surface area contributed by atoms with E-state index in [4.69, 9.17) is 15.9 Å². The minimum atomic E-state index is 0.537. The topological polar surface area (TPSA) is 78.1 Å². The number of anilines is 2. The summed E-state index contributed by atoms with van der Waals surface area (Å²) in [4.78, 5) is 4.45. The maximum absolute atomic E-state index is 5.77. The van der Waals surface area contributed by atoms with E-state index in [2.05, 4.69) is 4.98 Å². The average molecular weight is 239 g/mol. The normalized spacial score (nSPS) is 10.9. The molecular formula is C14H13N3O. The van der Waals surface area contributed by atoms with Gasteiger partial charge in [0.15, 0.2) is 5.58 Å². The Kier molecular flexibility index (Phi) is 2.23. The molecule has 0 unspecified atom stereocenters. The first-order valence-corrected chi connectivity index (χ1v) is 5.65. The van der Waals surface area contributed by atoms with Crippen molar-refractivity contribution in [2.45, 2.75) is 6.92 Å². The molecule has 3 rings (SSSR count). The summed E-state index contributed by atoms with van der Waals surface area (Å²) in [5, 5.41) is 0. The third-order valence-corrected chi connectivity index (χ3v) is 2.77. The van der Waals surface area contributed by atoms with Crippen molar-refractivity contribution >= 4 is 22.5 Å². The Morgan fingerprint density at radius 1 is 1.00 bits per heavy atom. The second-order valence-electron chi connectivity index (χ2n) is 4.38. The summed E-state index contributed by atoms with van der Waals surface area (Å²) in [7, 11) is 0. The van der Waals surface area contributed by atoms with Gasteiger partial charge >= 0.3 is 0 Å². The van der Waals surface area contributed by atoms with E-state index in [0.717, 1.165) is 22.2 Å². The van der Waals surface area contributed by atoms with E-state index in [1.807, 2.05) is 25.1 Å². The monoisotopic (exact) mass is 239 g/mol. The van der Waals surface area contributed by atoms with Crippen molar-refractivity contribution < 1.29 is 4.42 Å². The number of nitrogen functional groups attached to an aromatic ring is 2. The number of hydrogen-bond donors (Lipinski definition) is 2. The van der Waals surface area contributed by atoms with Crippen molar-refractivity contribution in [3.63, 3.8) is 0 Å². The van der Waals surface area contributed by atoms with Gasteiger partial charge in [-0.1, -0.05) is 6.07 Å². The number of aryl methyl sites for hydroxylation is 1. The number of benzene rings is 2. The number of hydrogen-bond acceptors (Lipinski definition) is 4. The van der Waals surface area contributed by atoms with Crippen molar-refractivity contribution in [3.05, 3.63) is 42.0 Å². The summed E-state index contributed by atoms with van der Waals surface area (Å²) in [6.07, 6.45) is 0. The van der Waals surface area contributed by atoms with E-state index in [9.17, 15) is 0 Å². The first-order chi connectivity index (χ1) is 8.61. The number of nitrogens with two attached hydrogens (primary N) is 2. The lowest BCUT2D eigenvalue weighted by molar-refractivity contribution is 0.620. The molecule has 4 N–H and O–H groups in total. The predicted molar refractivity (Wildman–Crippen MR) is 73.0 cm³/mol. The van der Waals surface area contributed by atoms with Gasteiger partial charge in [-0.3, -0.25) is 0 Å². The van der Waals surface area contributed by atoms with Gasteiger partial charge in [-0.2, -0.15) is 0 Å². The minimum absolute atomic E-state index is 0.537. The van der Waals surface area contributed by atoms with Crippen LogP contribution in [0.25, 0.3) is 22.6 Å². The molecule has 4 nitrogen and oxygen atoms in total. The van der Waals surface area contributed by atoms with Gasteiger partial charge in [0.25, 0.3) is 0 Å². The molecule has 0 bridgehead atoms. The molecule has 0 atom stereocenters. The zero-order valence-corrected chi connectivity index (χ0v) is 9.97. The molecule has 0 aliphatic rings. The van der Waals surface area contributed by atoms with Crippen LogP contribution in [0.15, 0.2) is 40.8 Å². The lowest BCUT2D eigenvalue weighted by Gasteiger charge is -2.00. The Morgan fingerprint density at radius 3 is 2.44 bits per heavy atom. The Hall–Kier alpha value is -2.49. The highest BCUT2D eigenvalue weighted by Gasteiger charge is 2.09. The van der Waals surface area contributed by atoms with Crippen LogP contribution < -0.4 is 11.5 Å². The quantitative estimate of drug-likeness (QED) is 0.640. The smallest absolute Gasteiger partial charge is 0.227 e. The fourth-order valence-corrected chi connectivity index (χ4v) is 1.96. The lowest BCUT2D eigenvalue weighted by Crippen LogP contribution is -1.91. The standard InChI is InChI=1S/C14H13N3O/c1-8-2-3-13-12(4-8)17-14(18-13)9-5-10(15)7-11(16)6-9/h2-7H,15-16H2,1H3. The molecule has 0 aliphatic carbocycles. The molecule has 0 saturated carbocycles. The van der Waals surface area contributed by atoms with E-state index in [0.29, 0.717) is 17.3 Å². The van der Waals surface area contributed by atoms with Crippen molar-refractivity contribution in [3.8, 4) is 11.5 Å². The van der Waals surface area contributed by atoms with Gasteiger partial charge in [0, 0.05) is 16.9 Å². The van der Waals surface area contributed by atoms with Crippen molar-refractivity contribution in [2.24, 2.45) is 0 Å². The van der Waals surface area contributed by atoms with Crippen LogP contribution in [0.4, 0.5) is 11.4 Å². The highest BCUT2D eigenvalue weighted by Crippen LogP contribution is 2.27. The molecular weight excluding hydrogens is 226 g/mol. The van der Waals surface area contributed by atoms with E-state index in [-0.39, 0.29) is 0 Å². The fourth-order valence-electron chi connectivity index (χ4n) is 1.96. The van der Waals surface area contributed by atoms with E-state index in [1.165, 1.54) is 0 Å². The van der Waals surface area contributed by atoms with E-state index in [1.54, 1.807) is 18.2 Å². The molecule has 1 aromatic heterocycles. The Bertz CT molecular complexity index is 711. The number of nitrogens with zero attached hydrogens (tertiary/aromatic N) is 1. The Labute approximate surface area is 104 Å². The largest absolute Gasteiger partial charge is 0.436 e. The first-order valence-electron chi connectivity index (χ1n) is 5.65. The Morgan fingerprint density at radius 2 is 1.72 bits per heavy atom. The van der Waals surface area contributed by atoms with Gasteiger partial charge in [0.1, 0.15) is 5.52 Å². The molecule has 0 saturated heterocycles. The maximum Gasteiger partial charge on any atom is 0.227 e. The van der Waals surface area contributed by atoms with E-state index >= 15 is 0 Å². The highest BCUT2D eigenvalue weighted by atomic mass is 16.3. The SMILES string of the molecule is Cc1ccc2oc(-c3cc(N)cc(N)c3)nc2c1. The van der Waals surface area contributed by atoms with Crippen molar-refractivity contribution in [1.29, 1.82) is 0 Å². The summed E-state index contributed by atoms with van der Waals surface area (Å²) in [5.41, 5.74) is 16.3. The predicted octanol–water partition coefficient (Wildman–Crippen LogP) is 2.97. The van der Waals surface area contributed by atoms with Crippen LogP contribution in [-0.4, -0.2) is 4.98 Å². The van der Waals surface area contributed by atoms with Gasteiger partial charge in [-0.15, -0.1) is 0 Å². The molecule has 90 valence electrons.